The molecule has 0 aromatic carbocycles. The number of aliphatic hydroxyl groups is 1. The molecule has 5 atom stereocenters. The van der Waals surface area contributed by atoms with Gasteiger partial charge in [-0.2, -0.15) is 0 Å². The molecule has 2 rings (SSSR count). The van der Waals surface area contributed by atoms with Crippen molar-refractivity contribution in [1.29, 1.82) is 0 Å². The molecular formula is C17H32O3. The van der Waals surface area contributed by atoms with Crippen molar-refractivity contribution >= 4 is 0 Å². The molecule has 2 fully saturated rings. The van der Waals surface area contributed by atoms with Crippen LogP contribution in [-0.4, -0.2) is 36.6 Å². The zero-order valence-corrected chi connectivity index (χ0v) is 13.2. The maximum atomic E-state index is 10.4. The molecule has 0 amide bonds. The summed E-state index contributed by atoms with van der Waals surface area (Å²) in [6, 6.07) is 0. The minimum absolute atomic E-state index is 0.205. The molecule has 0 saturated carbocycles. The molecule has 2 heterocycles. The van der Waals surface area contributed by atoms with Crippen molar-refractivity contribution in [2.45, 2.75) is 83.5 Å². The average Bonchev–Trinajstić information content (AvgIpc) is 3.03. The fourth-order valence-corrected chi connectivity index (χ4v) is 3.90. The minimum Gasteiger partial charge on any atom is -0.393 e. The summed E-state index contributed by atoms with van der Waals surface area (Å²) >= 11 is 0. The summed E-state index contributed by atoms with van der Waals surface area (Å²) in [6.07, 6.45) is 9.65. The second kappa shape index (κ2) is 8.35. The first-order chi connectivity index (χ1) is 9.77. The summed E-state index contributed by atoms with van der Waals surface area (Å²) in [5, 5.41) is 10.4. The first-order valence-electron chi connectivity index (χ1n) is 8.69. The Kier molecular flexibility index (Phi) is 6.79. The van der Waals surface area contributed by atoms with Crippen LogP contribution >= 0.6 is 0 Å². The van der Waals surface area contributed by atoms with Gasteiger partial charge in [-0.1, -0.05) is 39.5 Å². The van der Waals surface area contributed by atoms with Gasteiger partial charge in [0.1, 0.15) is 0 Å². The van der Waals surface area contributed by atoms with E-state index in [9.17, 15) is 5.11 Å². The van der Waals surface area contributed by atoms with Crippen molar-refractivity contribution in [2.24, 2.45) is 11.8 Å². The van der Waals surface area contributed by atoms with Crippen LogP contribution in [-0.2, 0) is 9.47 Å². The topological polar surface area (TPSA) is 38.7 Å². The molecule has 2 saturated heterocycles. The predicted molar refractivity (Wildman–Crippen MR) is 80.8 cm³/mol. The van der Waals surface area contributed by atoms with Crippen LogP contribution in [0.5, 0.6) is 0 Å². The van der Waals surface area contributed by atoms with E-state index >= 15 is 0 Å². The Morgan fingerprint density at radius 2 is 1.90 bits per heavy atom. The smallest absolute Gasteiger partial charge is 0.0637 e. The van der Waals surface area contributed by atoms with Crippen molar-refractivity contribution in [3.8, 4) is 0 Å². The molecule has 0 radical (unpaired) electrons. The molecular weight excluding hydrogens is 252 g/mol. The molecule has 3 nitrogen and oxygen atoms in total. The summed E-state index contributed by atoms with van der Waals surface area (Å²) < 4.78 is 11.9. The predicted octanol–water partition coefficient (Wildman–Crippen LogP) is 3.54. The summed E-state index contributed by atoms with van der Waals surface area (Å²) in [4.78, 5) is 0. The average molecular weight is 284 g/mol. The first kappa shape index (κ1) is 16.3. The van der Waals surface area contributed by atoms with Gasteiger partial charge in [-0.15, -0.1) is 0 Å². The number of fused-ring (bicyclic) bond motifs is 2. The lowest BCUT2D eigenvalue weighted by Gasteiger charge is -2.31. The van der Waals surface area contributed by atoms with E-state index in [1.165, 1.54) is 19.3 Å². The van der Waals surface area contributed by atoms with E-state index in [0.717, 1.165) is 45.3 Å². The van der Waals surface area contributed by atoms with Gasteiger partial charge < -0.3 is 14.6 Å². The van der Waals surface area contributed by atoms with Gasteiger partial charge in [0.05, 0.1) is 24.9 Å². The van der Waals surface area contributed by atoms with Crippen LogP contribution in [0.15, 0.2) is 0 Å². The van der Waals surface area contributed by atoms with Gasteiger partial charge in [0.15, 0.2) is 0 Å². The minimum atomic E-state index is -0.205. The third kappa shape index (κ3) is 3.96. The Morgan fingerprint density at radius 1 is 1.10 bits per heavy atom. The lowest BCUT2D eigenvalue weighted by molar-refractivity contribution is 0.00951. The van der Waals surface area contributed by atoms with Crippen LogP contribution in [0.25, 0.3) is 0 Å². The number of hydrogen-bond acceptors (Lipinski definition) is 3. The van der Waals surface area contributed by atoms with Gasteiger partial charge in [0.2, 0.25) is 0 Å². The Labute approximate surface area is 124 Å². The van der Waals surface area contributed by atoms with Gasteiger partial charge in [-0.25, -0.2) is 0 Å². The lowest BCUT2D eigenvalue weighted by atomic mass is 9.75. The summed E-state index contributed by atoms with van der Waals surface area (Å²) in [5.41, 5.74) is 0. The molecule has 1 N–H and O–H groups in total. The molecule has 118 valence electrons. The highest BCUT2D eigenvalue weighted by Gasteiger charge is 2.51. The SMILES string of the molecule is CCCCCCOCC1C2CCC(O2)C1C(O)CCC. The van der Waals surface area contributed by atoms with Crippen LogP contribution < -0.4 is 0 Å². The van der Waals surface area contributed by atoms with Crippen molar-refractivity contribution < 1.29 is 14.6 Å². The van der Waals surface area contributed by atoms with Gasteiger partial charge in [-0.3, -0.25) is 0 Å². The zero-order valence-electron chi connectivity index (χ0n) is 13.2. The Morgan fingerprint density at radius 3 is 2.65 bits per heavy atom. The molecule has 2 aliphatic rings. The summed E-state index contributed by atoms with van der Waals surface area (Å²) in [5.74, 6) is 0.728. The zero-order chi connectivity index (χ0) is 14.4. The second-order valence-electron chi connectivity index (χ2n) is 6.52. The number of hydrogen-bond donors (Lipinski definition) is 1. The van der Waals surface area contributed by atoms with Gasteiger partial charge in [-0.05, 0) is 25.7 Å². The molecule has 5 unspecified atom stereocenters. The van der Waals surface area contributed by atoms with E-state index in [-0.39, 0.29) is 12.2 Å². The highest BCUT2D eigenvalue weighted by molar-refractivity contribution is 4.98. The lowest BCUT2D eigenvalue weighted by Crippen LogP contribution is -2.38. The van der Waals surface area contributed by atoms with Crippen molar-refractivity contribution in [3.63, 3.8) is 0 Å². The van der Waals surface area contributed by atoms with E-state index in [1.54, 1.807) is 0 Å². The third-order valence-corrected chi connectivity index (χ3v) is 4.97. The third-order valence-electron chi connectivity index (χ3n) is 4.97. The standard InChI is InChI=1S/C17H32O3/c1-3-5-6-7-11-19-12-13-15-9-10-16(20-15)17(13)14(18)8-4-2/h13-18H,3-12H2,1-2H3. The van der Waals surface area contributed by atoms with Crippen molar-refractivity contribution in [2.75, 3.05) is 13.2 Å². The Bertz CT molecular complexity index is 269. The fourth-order valence-electron chi connectivity index (χ4n) is 3.90. The molecule has 0 spiro atoms. The van der Waals surface area contributed by atoms with E-state index in [1.807, 2.05) is 0 Å². The van der Waals surface area contributed by atoms with Gasteiger partial charge >= 0.3 is 0 Å². The summed E-state index contributed by atoms with van der Waals surface area (Å²) in [7, 11) is 0. The largest absolute Gasteiger partial charge is 0.393 e. The maximum absolute atomic E-state index is 10.4. The fraction of sp³-hybridized carbons (Fsp3) is 1.00. The van der Waals surface area contributed by atoms with Crippen molar-refractivity contribution in [3.05, 3.63) is 0 Å². The van der Waals surface area contributed by atoms with Crippen molar-refractivity contribution in [1.82, 2.24) is 0 Å². The monoisotopic (exact) mass is 284 g/mol. The number of ether oxygens (including phenoxy) is 2. The van der Waals surface area contributed by atoms with Crippen LogP contribution in [0.1, 0.15) is 65.2 Å². The molecule has 0 aromatic heterocycles. The molecule has 0 aliphatic carbocycles. The molecule has 2 bridgehead atoms. The highest BCUT2D eigenvalue weighted by Crippen LogP contribution is 2.45. The first-order valence-corrected chi connectivity index (χ1v) is 8.69. The van der Waals surface area contributed by atoms with Crippen LogP contribution in [0, 0.1) is 11.8 Å². The normalized spacial score (nSPS) is 33.8. The second-order valence-corrected chi connectivity index (χ2v) is 6.52. The van der Waals surface area contributed by atoms with E-state index in [0.29, 0.717) is 17.9 Å². The number of unbranched alkanes of at least 4 members (excludes halogenated alkanes) is 3. The number of rotatable bonds is 10. The maximum Gasteiger partial charge on any atom is 0.0637 e. The van der Waals surface area contributed by atoms with E-state index < -0.39 is 0 Å². The molecule has 20 heavy (non-hydrogen) atoms. The van der Waals surface area contributed by atoms with Gasteiger partial charge in [0, 0.05) is 18.4 Å². The Hall–Kier alpha value is -0.120. The van der Waals surface area contributed by atoms with Gasteiger partial charge in [0.25, 0.3) is 0 Å². The molecule has 0 aromatic rings. The Balaban J connectivity index is 1.73. The van der Waals surface area contributed by atoms with Crippen LogP contribution in [0.2, 0.25) is 0 Å². The number of aliphatic hydroxyl groups excluding tert-OH is 1. The van der Waals surface area contributed by atoms with E-state index in [2.05, 4.69) is 13.8 Å². The van der Waals surface area contributed by atoms with Crippen LogP contribution in [0.3, 0.4) is 0 Å². The quantitative estimate of drug-likeness (QED) is 0.624. The summed E-state index contributed by atoms with van der Waals surface area (Å²) in [6.45, 7) is 6.01. The molecule has 3 heteroatoms. The van der Waals surface area contributed by atoms with E-state index in [4.69, 9.17) is 9.47 Å². The molecule has 2 aliphatic heterocycles. The highest BCUT2D eigenvalue weighted by atomic mass is 16.5. The van der Waals surface area contributed by atoms with Crippen LogP contribution in [0.4, 0.5) is 0 Å².